The van der Waals surface area contributed by atoms with Crippen molar-refractivity contribution in [3.8, 4) is 5.75 Å². The van der Waals surface area contributed by atoms with Gasteiger partial charge < -0.3 is 4.74 Å². The lowest BCUT2D eigenvalue weighted by Gasteiger charge is -2.16. The third-order valence-electron chi connectivity index (χ3n) is 2.99. The molecule has 0 bridgehead atoms. The van der Waals surface area contributed by atoms with E-state index >= 15 is 0 Å². The number of thioether (sulfide) groups is 1. The van der Waals surface area contributed by atoms with Gasteiger partial charge in [-0.1, -0.05) is 32.0 Å². The Bertz CT molecular complexity index is 492. The predicted octanol–water partition coefficient (Wildman–Crippen LogP) is 5.40. The summed E-state index contributed by atoms with van der Waals surface area (Å²) in [5, 5.41) is 0. The molecular formula is C18H26O2S. The molecule has 0 aliphatic carbocycles. The monoisotopic (exact) mass is 306 g/mol. The Morgan fingerprint density at radius 2 is 1.95 bits per heavy atom. The molecular weight excluding hydrogens is 280 g/mol. The highest BCUT2D eigenvalue weighted by atomic mass is 32.2. The highest BCUT2D eigenvalue weighted by Gasteiger charge is 2.12. The van der Waals surface area contributed by atoms with E-state index in [1.54, 1.807) is 31.9 Å². The van der Waals surface area contributed by atoms with Crippen molar-refractivity contribution in [3.05, 3.63) is 34.7 Å². The van der Waals surface area contributed by atoms with Gasteiger partial charge >= 0.3 is 0 Å². The van der Waals surface area contributed by atoms with Crippen LogP contribution in [0, 0.1) is 0 Å². The zero-order valence-corrected chi connectivity index (χ0v) is 14.4. The summed E-state index contributed by atoms with van der Waals surface area (Å²) < 4.78 is 5.27. The summed E-state index contributed by atoms with van der Waals surface area (Å²) >= 11 is 1.72. The van der Waals surface area contributed by atoms with Crippen LogP contribution in [-0.4, -0.2) is 12.9 Å². The highest BCUT2D eigenvalue weighted by molar-refractivity contribution is 8.03. The second-order valence-corrected chi connectivity index (χ2v) is 6.38. The van der Waals surface area contributed by atoms with E-state index in [1.165, 1.54) is 21.8 Å². The van der Waals surface area contributed by atoms with Crippen LogP contribution in [0.3, 0.4) is 0 Å². The van der Waals surface area contributed by atoms with E-state index in [1.807, 2.05) is 6.07 Å². The van der Waals surface area contributed by atoms with Crippen LogP contribution in [-0.2, 0) is 11.2 Å². The lowest BCUT2D eigenvalue weighted by Crippen LogP contribution is -1.97. The number of ketones is 1. The van der Waals surface area contributed by atoms with E-state index in [9.17, 15) is 4.79 Å². The fraction of sp³-hybridized carbons (Fsp3) is 0.500. The quantitative estimate of drug-likeness (QED) is 0.684. The first-order valence-electron chi connectivity index (χ1n) is 7.66. The van der Waals surface area contributed by atoms with Gasteiger partial charge in [0.05, 0.1) is 7.11 Å². The summed E-state index contributed by atoms with van der Waals surface area (Å²) in [4.78, 5) is 13.6. The van der Waals surface area contributed by atoms with Crippen molar-refractivity contribution in [3.63, 3.8) is 0 Å². The first-order valence-corrected chi connectivity index (χ1v) is 8.48. The maximum Gasteiger partial charge on any atom is 0.153 e. The van der Waals surface area contributed by atoms with Crippen molar-refractivity contribution >= 4 is 17.5 Å². The molecule has 1 aromatic rings. The second-order valence-electron chi connectivity index (χ2n) is 5.21. The molecule has 1 aromatic carbocycles. The van der Waals surface area contributed by atoms with Crippen LogP contribution in [0.1, 0.15) is 52.0 Å². The molecule has 0 amide bonds. The maximum absolute atomic E-state index is 11.2. The average Bonchev–Trinajstić information content (AvgIpc) is 2.42. The van der Waals surface area contributed by atoms with E-state index in [0.717, 1.165) is 31.4 Å². The number of ether oxygens (including phenoxy) is 1. The predicted molar refractivity (Wildman–Crippen MR) is 91.1 cm³/mol. The van der Waals surface area contributed by atoms with Crippen LogP contribution < -0.4 is 4.74 Å². The number of hydrogen-bond donors (Lipinski definition) is 0. The van der Waals surface area contributed by atoms with Crippen molar-refractivity contribution in [2.45, 2.75) is 57.8 Å². The van der Waals surface area contributed by atoms with Gasteiger partial charge in [0.1, 0.15) is 5.75 Å². The van der Waals surface area contributed by atoms with Gasteiger partial charge in [0.2, 0.25) is 0 Å². The van der Waals surface area contributed by atoms with Gasteiger partial charge in [0, 0.05) is 4.90 Å². The SMILES string of the molecule is CCC.COc1ccc2c(c1)CCCC/C(=C/C(C)=O)S2. The summed E-state index contributed by atoms with van der Waals surface area (Å²) in [6, 6.07) is 6.19. The molecule has 1 heterocycles. The molecule has 1 aliphatic heterocycles. The molecule has 2 rings (SSSR count). The van der Waals surface area contributed by atoms with Gasteiger partial charge in [0.15, 0.2) is 5.78 Å². The summed E-state index contributed by atoms with van der Waals surface area (Å²) in [5.41, 5.74) is 1.33. The Kier molecular flexibility index (Phi) is 8.21. The summed E-state index contributed by atoms with van der Waals surface area (Å²) in [6.45, 7) is 5.86. The van der Waals surface area contributed by atoms with E-state index < -0.39 is 0 Å². The molecule has 0 saturated heterocycles. The Hall–Kier alpha value is -1.22. The van der Waals surface area contributed by atoms with E-state index in [4.69, 9.17) is 4.74 Å². The normalized spacial score (nSPS) is 16.1. The molecule has 116 valence electrons. The topological polar surface area (TPSA) is 26.3 Å². The summed E-state index contributed by atoms with van der Waals surface area (Å²) in [7, 11) is 1.69. The number of carbonyl (C=O) groups is 1. The van der Waals surface area contributed by atoms with Gasteiger partial charge in [-0.15, -0.1) is 0 Å². The zero-order chi connectivity index (χ0) is 15.7. The van der Waals surface area contributed by atoms with Crippen molar-refractivity contribution in [2.24, 2.45) is 0 Å². The number of rotatable bonds is 2. The molecule has 0 N–H and O–H groups in total. The Balaban J connectivity index is 0.000000677. The molecule has 0 aromatic heterocycles. The van der Waals surface area contributed by atoms with Crippen LogP contribution in [0.15, 0.2) is 34.1 Å². The third-order valence-corrected chi connectivity index (χ3v) is 4.19. The minimum atomic E-state index is 0.133. The fourth-order valence-electron chi connectivity index (χ4n) is 2.11. The average molecular weight is 306 g/mol. The first-order chi connectivity index (χ1) is 10.1. The molecule has 0 saturated carbocycles. The van der Waals surface area contributed by atoms with Crippen LogP contribution in [0.25, 0.3) is 0 Å². The molecule has 0 spiro atoms. The second kappa shape index (κ2) is 9.67. The van der Waals surface area contributed by atoms with Gasteiger partial charge in [-0.3, -0.25) is 4.79 Å². The molecule has 0 unspecified atom stereocenters. The number of benzene rings is 1. The molecule has 0 atom stereocenters. The van der Waals surface area contributed by atoms with Crippen molar-refractivity contribution in [1.29, 1.82) is 0 Å². The number of allylic oxidation sites excluding steroid dienone is 2. The molecule has 21 heavy (non-hydrogen) atoms. The first kappa shape index (κ1) is 17.8. The number of hydrogen-bond acceptors (Lipinski definition) is 3. The molecule has 0 fully saturated rings. The van der Waals surface area contributed by atoms with E-state index in [0.29, 0.717) is 0 Å². The van der Waals surface area contributed by atoms with Crippen LogP contribution >= 0.6 is 11.8 Å². The Labute approximate surface area is 133 Å². The Morgan fingerprint density at radius 1 is 1.29 bits per heavy atom. The Morgan fingerprint density at radius 3 is 2.57 bits per heavy atom. The minimum absolute atomic E-state index is 0.133. The number of methoxy groups -OCH3 is 1. The molecule has 0 radical (unpaired) electrons. The maximum atomic E-state index is 11.2. The number of carbonyl (C=O) groups excluding carboxylic acids is 1. The molecule has 3 heteroatoms. The van der Waals surface area contributed by atoms with E-state index in [-0.39, 0.29) is 5.78 Å². The van der Waals surface area contributed by atoms with Crippen LogP contribution in [0.4, 0.5) is 0 Å². The lowest BCUT2D eigenvalue weighted by atomic mass is 10.1. The van der Waals surface area contributed by atoms with Crippen LogP contribution in [0.5, 0.6) is 5.75 Å². The summed E-state index contributed by atoms with van der Waals surface area (Å²) in [6.07, 6.45) is 7.42. The van der Waals surface area contributed by atoms with Gasteiger partial charge in [-0.05, 0) is 67.4 Å². The van der Waals surface area contributed by atoms with Gasteiger partial charge in [-0.25, -0.2) is 0 Å². The minimum Gasteiger partial charge on any atom is -0.497 e. The van der Waals surface area contributed by atoms with Gasteiger partial charge in [0.25, 0.3) is 0 Å². The third kappa shape index (κ3) is 6.38. The number of aryl methyl sites for hydroxylation is 1. The van der Waals surface area contributed by atoms with Crippen LogP contribution in [0.2, 0.25) is 0 Å². The summed E-state index contributed by atoms with van der Waals surface area (Å²) in [5.74, 6) is 1.04. The molecule has 2 nitrogen and oxygen atoms in total. The van der Waals surface area contributed by atoms with Crippen molar-refractivity contribution in [2.75, 3.05) is 7.11 Å². The highest BCUT2D eigenvalue weighted by Crippen LogP contribution is 2.37. The van der Waals surface area contributed by atoms with Crippen molar-refractivity contribution < 1.29 is 9.53 Å². The molecule has 1 aliphatic rings. The standard InChI is InChI=1S/C15H18O2S.C3H8/c1-11(16)9-14-6-4-3-5-12-10-13(17-2)7-8-15(12)18-14;1-3-2/h7-10H,3-6H2,1-2H3;3H2,1-2H3/b14-9-;. The van der Waals surface area contributed by atoms with E-state index in [2.05, 4.69) is 26.0 Å². The van der Waals surface area contributed by atoms with Crippen molar-refractivity contribution in [1.82, 2.24) is 0 Å². The zero-order valence-electron chi connectivity index (χ0n) is 13.6. The lowest BCUT2D eigenvalue weighted by molar-refractivity contribution is -0.112. The fourth-order valence-corrected chi connectivity index (χ4v) is 3.29. The number of fused-ring (bicyclic) bond motifs is 1. The van der Waals surface area contributed by atoms with Gasteiger partial charge in [-0.2, -0.15) is 0 Å². The largest absolute Gasteiger partial charge is 0.497 e. The smallest absolute Gasteiger partial charge is 0.153 e.